The second-order valence-corrected chi connectivity index (χ2v) is 7.84. The van der Waals surface area contributed by atoms with E-state index < -0.39 is 10.0 Å². The molecular formula is C16H27N5O4S. The van der Waals surface area contributed by atoms with Crippen LogP contribution >= 0.6 is 0 Å². The Morgan fingerprint density at radius 3 is 2.58 bits per heavy atom. The Bertz CT molecular complexity index is 736. The van der Waals surface area contributed by atoms with Crippen LogP contribution in [0, 0.1) is 0 Å². The molecule has 1 aliphatic heterocycles. The maximum absolute atomic E-state index is 12.5. The summed E-state index contributed by atoms with van der Waals surface area (Å²) in [7, 11) is 3.26. The van der Waals surface area contributed by atoms with Gasteiger partial charge in [0.25, 0.3) is 10.0 Å². The maximum atomic E-state index is 12.5. The van der Waals surface area contributed by atoms with Crippen LogP contribution in [0.15, 0.2) is 28.1 Å². The summed E-state index contributed by atoms with van der Waals surface area (Å²) in [6.45, 7) is 2.88. The van der Waals surface area contributed by atoms with Crippen molar-refractivity contribution in [2.24, 2.45) is 4.99 Å². The Balaban J connectivity index is 1.98. The van der Waals surface area contributed by atoms with Crippen LogP contribution in [-0.4, -0.2) is 78.9 Å². The Labute approximate surface area is 155 Å². The first-order valence-corrected chi connectivity index (χ1v) is 9.74. The molecule has 1 heterocycles. The van der Waals surface area contributed by atoms with E-state index in [9.17, 15) is 8.42 Å². The standard InChI is InChI=1S/C16H27N5O4S/c1-20(2)8-5-9-21-11-17-16(18-12-21)19-26(22,23)13-6-7-14(24-3)15(10-13)25-4/h6-7,10H,5,8-9,11-12H2,1-4H3,(H2,17,18,19). The molecule has 0 atom stereocenters. The van der Waals surface area contributed by atoms with Crippen molar-refractivity contribution in [1.29, 1.82) is 0 Å². The average molecular weight is 385 g/mol. The third kappa shape index (κ3) is 5.48. The van der Waals surface area contributed by atoms with Crippen LogP contribution in [0.3, 0.4) is 0 Å². The molecule has 0 saturated heterocycles. The van der Waals surface area contributed by atoms with E-state index >= 15 is 0 Å². The van der Waals surface area contributed by atoms with Gasteiger partial charge in [-0.2, -0.15) is 0 Å². The predicted molar refractivity (Wildman–Crippen MR) is 100 cm³/mol. The van der Waals surface area contributed by atoms with E-state index in [4.69, 9.17) is 9.47 Å². The third-order valence-corrected chi connectivity index (χ3v) is 5.21. The molecule has 2 rings (SSSR count). The van der Waals surface area contributed by atoms with Crippen LogP contribution in [0.1, 0.15) is 6.42 Å². The summed E-state index contributed by atoms with van der Waals surface area (Å²) in [6, 6.07) is 4.43. The van der Waals surface area contributed by atoms with E-state index in [0.717, 1.165) is 19.5 Å². The Morgan fingerprint density at radius 1 is 1.27 bits per heavy atom. The fraction of sp³-hybridized carbons (Fsp3) is 0.562. The molecule has 1 aromatic carbocycles. The van der Waals surface area contributed by atoms with Crippen LogP contribution in [0.25, 0.3) is 0 Å². The summed E-state index contributed by atoms with van der Waals surface area (Å²) in [5.41, 5.74) is 0. The molecular weight excluding hydrogens is 358 g/mol. The number of benzene rings is 1. The molecule has 1 aliphatic rings. The summed E-state index contributed by atoms with van der Waals surface area (Å²) in [6.07, 6.45) is 1.02. The van der Waals surface area contributed by atoms with E-state index in [1.807, 2.05) is 14.1 Å². The minimum atomic E-state index is -3.77. The lowest BCUT2D eigenvalue weighted by atomic mass is 10.3. The van der Waals surface area contributed by atoms with Gasteiger partial charge in [-0.3, -0.25) is 4.90 Å². The molecule has 26 heavy (non-hydrogen) atoms. The summed E-state index contributed by atoms with van der Waals surface area (Å²) >= 11 is 0. The lowest BCUT2D eigenvalue weighted by Gasteiger charge is -2.27. The van der Waals surface area contributed by atoms with Crippen LogP contribution in [0.2, 0.25) is 0 Å². The number of sulfonamides is 1. The SMILES string of the molecule is COc1ccc(S(=O)(=O)NC2=NCN(CCCN(C)C)CN2)cc1OC. The second kappa shape index (κ2) is 9.06. The molecule has 0 fully saturated rings. The van der Waals surface area contributed by atoms with E-state index in [-0.39, 0.29) is 10.9 Å². The molecule has 0 bridgehead atoms. The quantitative estimate of drug-likeness (QED) is 0.656. The van der Waals surface area contributed by atoms with Gasteiger partial charge in [-0.1, -0.05) is 0 Å². The van der Waals surface area contributed by atoms with Gasteiger partial charge >= 0.3 is 0 Å². The largest absolute Gasteiger partial charge is 0.493 e. The molecule has 0 unspecified atom stereocenters. The molecule has 9 nitrogen and oxygen atoms in total. The Hall–Kier alpha value is -2.04. The number of hydrogen-bond acceptors (Lipinski definition) is 8. The van der Waals surface area contributed by atoms with E-state index in [0.29, 0.717) is 24.8 Å². The van der Waals surface area contributed by atoms with Gasteiger partial charge in [-0.25, -0.2) is 18.1 Å². The first kappa shape index (κ1) is 20.3. The fourth-order valence-electron chi connectivity index (χ4n) is 2.46. The third-order valence-electron chi connectivity index (χ3n) is 3.87. The number of guanidine groups is 1. The number of ether oxygens (including phenoxy) is 2. The lowest BCUT2D eigenvalue weighted by Crippen LogP contribution is -2.50. The van der Waals surface area contributed by atoms with Gasteiger partial charge in [0.2, 0.25) is 5.96 Å². The number of methoxy groups -OCH3 is 2. The highest BCUT2D eigenvalue weighted by molar-refractivity contribution is 7.90. The van der Waals surface area contributed by atoms with Crippen LogP contribution in [-0.2, 0) is 10.0 Å². The molecule has 146 valence electrons. The molecule has 0 saturated carbocycles. The zero-order valence-electron chi connectivity index (χ0n) is 15.7. The Kier molecular flexibility index (Phi) is 7.06. The normalized spacial score (nSPS) is 15.3. The van der Waals surface area contributed by atoms with E-state index in [2.05, 4.69) is 24.8 Å². The number of rotatable bonds is 8. The van der Waals surface area contributed by atoms with Gasteiger partial charge in [0.05, 0.1) is 32.5 Å². The van der Waals surface area contributed by atoms with Gasteiger partial charge < -0.3 is 19.7 Å². The highest BCUT2D eigenvalue weighted by Gasteiger charge is 2.21. The summed E-state index contributed by atoms with van der Waals surface area (Å²) in [4.78, 5) is 8.58. The summed E-state index contributed by atoms with van der Waals surface area (Å²) in [5, 5.41) is 3.00. The van der Waals surface area contributed by atoms with E-state index in [1.54, 1.807) is 6.07 Å². The van der Waals surface area contributed by atoms with Crippen molar-refractivity contribution in [2.45, 2.75) is 11.3 Å². The van der Waals surface area contributed by atoms with Gasteiger partial charge in [-0.05, 0) is 39.2 Å². The van der Waals surface area contributed by atoms with E-state index in [1.165, 1.54) is 26.4 Å². The molecule has 0 aliphatic carbocycles. The molecule has 10 heteroatoms. The maximum Gasteiger partial charge on any atom is 0.264 e. The average Bonchev–Trinajstić information content (AvgIpc) is 2.62. The fourth-order valence-corrected chi connectivity index (χ4v) is 3.48. The minimum Gasteiger partial charge on any atom is -0.493 e. The van der Waals surface area contributed by atoms with Crippen molar-refractivity contribution in [3.63, 3.8) is 0 Å². The molecule has 0 radical (unpaired) electrons. The molecule has 2 N–H and O–H groups in total. The van der Waals surface area contributed by atoms with Crippen molar-refractivity contribution < 1.29 is 17.9 Å². The van der Waals surface area contributed by atoms with Crippen molar-refractivity contribution >= 4 is 16.0 Å². The van der Waals surface area contributed by atoms with Crippen molar-refractivity contribution in [2.75, 3.05) is 54.7 Å². The van der Waals surface area contributed by atoms with Crippen LogP contribution in [0.5, 0.6) is 11.5 Å². The number of nitrogens with one attached hydrogen (secondary N) is 2. The smallest absolute Gasteiger partial charge is 0.264 e. The minimum absolute atomic E-state index is 0.0769. The summed E-state index contributed by atoms with van der Waals surface area (Å²) < 4.78 is 37.9. The second-order valence-electron chi connectivity index (χ2n) is 6.16. The zero-order valence-corrected chi connectivity index (χ0v) is 16.5. The van der Waals surface area contributed by atoms with Gasteiger partial charge in [0, 0.05) is 12.6 Å². The van der Waals surface area contributed by atoms with Crippen LogP contribution in [0.4, 0.5) is 0 Å². The first-order chi connectivity index (χ1) is 12.4. The molecule has 0 spiro atoms. The van der Waals surface area contributed by atoms with Gasteiger partial charge in [0.15, 0.2) is 11.5 Å². The highest BCUT2D eigenvalue weighted by atomic mass is 32.2. The van der Waals surface area contributed by atoms with Crippen molar-refractivity contribution in [1.82, 2.24) is 19.8 Å². The molecule has 0 amide bonds. The number of aliphatic imine (C=N–C) groups is 1. The molecule has 1 aromatic rings. The predicted octanol–water partition coefficient (Wildman–Crippen LogP) is 0.110. The summed E-state index contributed by atoms with van der Waals surface area (Å²) in [5.74, 6) is 1.05. The Morgan fingerprint density at radius 2 is 2.00 bits per heavy atom. The van der Waals surface area contributed by atoms with Gasteiger partial charge in [-0.15, -0.1) is 0 Å². The highest BCUT2D eigenvalue weighted by Crippen LogP contribution is 2.29. The molecule has 0 aromatic heterocycles. The van der Waals surface area contributed by atoms with Gasteiger partial charge in [0.1, 0.15) is 0 Å². The van der Waals surface area contributed by atoms with Crippen molar-refractivity contribution in [3.8, 4) is 11.5 Å². The number of hydrogen-bond donors (Lipinski definition) is 2. The van der Waals surface area contributed by atoms with Crippen molar-refractivity contribution in [3.05, 3.63) is 18.2 Å². The lowest BCUT2D eigenvalue weighted by molar-refractivity contribution is 0.246. The van der Waals surface area contributed by atoms with Crippen LogP contribution < -0.4 is 19.5 Å². The topological polar surface area (TPSA) is 95.5 Å². The number of nitrogens with zero attached hydrogens (tertiary/aromatic N) is 3. The monoisotopic (exact) mass is 385 g/mol. The first-order valence-electron chi connectivity index (χ1n) is 8.26. The zero-order chi connectivity index (χ0) is 19.2.